The van der Waals surface area contributed by atoms with Crippen LogP contribution in [0.4, 0.5) is 5.69 Å². The predicted molar refractivity (Wildman–Crippen MR) is 119 cm³/mol. The average Bonchev–Trinajstić information content (AvgIpc) is 2.73. The van der Waals surface area contributed by atoms with Crippen LogP contribution in [0.5, 0.6) is 0 Å². The Balaban J connectivity index is 1.64. The van der Waals surface area contributed by atoms with Gasteiger partial charge >= 0.3 is 11.6 Å². The molecule has 0 spiro atoms. The van der Waals surface area contributed by atoms with Crippen molar-refractivity contribution in [3.63, 3.8) is 0 Å². The Hall–Kier alpha value is -2.93. The molecule has 0 radical (unpaired) electrons. The number of rotatable bonds is 8. The summed E-state index contributed by atoms with van der Waals surface area (Å²) in [5.41, 5.74) is 0.436. The molecule has 1 N–H and O–H groups in total. The molecule has 0 aliphatic carbocycles. The maximum Gasteiger partial charge on any atom is 0.349 e. The van der Waals surface area contributed by atoms with Crippen LogP contribution in [-0.4, -0.2) is 18.5 Å². The Bertz CT molecular complexity index is 1100. The molecule has 0 bridgehead atoms. The van der Waals surface area contributed by atoms with Crippen molar-refractivity contribution < 1.29 is 18.7 Å². The number of ether oxygens (including phenoxy) is 1. The first kappa shape index (κ1) is 21.8. The zero-order valence-corrected chi connectivity index (χ0v) is 18.2. The van der Waals surface area contributed by atoms with Crippen molar-refractivity contribution >= 4 is 44.5 Å². The number of anilines is 1. The van der Waals surface area contributed by atoms with Crippen LogP contribution in [0.15, 0.2) is 62.2 Å². The Labute approximate surface area is 182 Å². The molecule has 7 heteroatoms. The third kappa shape index (κ3) is 5.57. The summed E-state index contributed by atoms with van der Waals surface area (Å²) in [6.07, 6.45) is 4.13. The van der Waals surface area contributed by atoms with Gasteiger partial charge < -0.3 is 14.5 Å². The van der Waals surface area contributed by atoms with Crippen molar-refractivity contribution in [2.75, 3.05) is 11.9 Å². The highest BCUT2D eigenvalue weighted by Crippen LogP contribution is 2.20. The van der Waals surface area contributed by atoms with Gasteiger partial charge in [-0.15, -0.1) is 0 Å². The van der Waals surface area contributed by atoms with E-state index in [4.69, 9.17) is 9.15 Å². The summed E-state index contributed by atoms with van der Waals surface area (Å²) in [6.45, 7) is 2.52. The Morgan fingerprint density at radius 1 is 1.03 bits per heavy atom. The van der Waals surface area contributed by atoms with E-state index in [1.54, 1.807) is 42.5 Å². The van der Waals surface area contributed by atoms with Crippen molar-refractivity contribution in [1.82, 2.24) is 0 Å². The van der Waals surface area contributed by atoms with Crippen LogP contribution in [-0.2, 0) is 4.74 Å². The highest BCUT2D eigenvalue weighted by molar-refractivity contribution is 9.10. The van der Waals surface area contributed by atoms with Crippen LogP contribution >= 0.6 is 15.9 Å². The highest BCUT2D eigenvalue weighted by Gasteiger charge is 2.15. The molecule has 1 heterocycles. The number of amides is 1. The minimum absolute atomic E-state index is 0.101. The van der Waals surface area contributed by atoms with Crippen LogP contribution in [0, 0.1) is 0 Å². The fourth-order valence-corrected chi connectivity index (χ4v) is 3.30. The summed E-state index contributed by atoms with van der Waals surface area (Å²) in [6, 6.07) is 13.0. The van der Waals surface area contributed by atoms with E-state index in [1.807, 2.05) is 0 Å². The number of carbonyl (C=O) groups excluding carboxylic acids is 2. The van der Waals surface area contributed by atoms with E-state index in [2.05, 4.69) is 28.2 Å². The largest absolute Gasteiger partial charge is 0.462 e. The van der Waals surface area contributed by atoms with E-state index in [0.29, 0.717) is 28.8 Å². The number of hydrogen-bond acceptors (Lipinski definition) is 5. The number of esters is 1. The molecule has 1 aromatic heterocycles. The standard InChI is InChI=1S/C23H22BrNO5/c1-2-3-4-5-12-29-22(27)15-6-9-18(10-7-15)25-21(26)19-14-16-13-17(24)8-11-20(16)30-23(19)28/h6-11,13-14H,2-5,12H2,1H3,(H,25,26). The normalized spacial score (nSPS) is 10.7. The molecular formula is C23H22BrNO5. The van der Waals surface area contributed by atoms with Crippen LogP contribution < -0.4 is 10.9 Å². The first-order valence-corrected chi connectivity index (χ1v) is 10.6. The number of hydrogen-bond donors (Lipinski definition) is 1. The van der Waals surface area contributed by atoms with Gasteiger partial charge in [-0.05, 0) is 55.0 Å². The van der Waals surface area contributed by atoms with Crippen molar-refractivity contribution in [3.05, 3.63) is 74.6 Å². The fourth-order valence-electron chi connectivity index (χ4n) is 2.92. The van der Waals surface area contributed by atoms with Crippen LogP contribution in [0.25, 0.3) is 11.0 Å². The highest BCUT2D eigenvalue weighted by atomic mass is 79.9. The predicted octanol–water partition coefficient (Wildman–Crippen LogP) is 5.54. The number of nitrogens with one attached hydrogen (secondary N) is 1. The summed E-state index contributed by atoms with van der Waals surface area (Å²) < 4.78 is 11.3. The summed E-state index contributed by atoms with van der Waals surface area (Å²) >= 11 is 3.35. The summed E-state index contributed by atoms with van der Waals surface area (Å²) in [7, 11) is 0. The monoisotopic (exact) mass is 471 g/mol. The number of halogens is 1. The molecule has 156 valence electrons. The smallest absolute Gasteiger partial charge is 0.349 e. The maximum atomic E-state index is 12.5. The van der Waals surface area contributed by atoms with Gasteiger partial charge in [0.1, 0.15) is 11.1 Å². The van der Waals surface area contributed by atoms with E-state index in [-0.39, 0.29) is 5.56 Å². The Kier molecular flexibility index (Phi) is 7.41. The van der Waals surface area contributed by atoms with E-state index >= 15 is 0 Å². The van der Waals surface area contributed by atoms with Gasteiger partial charge in [0.25, 0.3) is 5.91 Å². The van der Waals surface area contributed by atoms with Gasteiger partial charge in [-0.3, -0.25) is 4.79 Å². The molecule has 3 aromatic rings. The van der Waals surface area contributed by atoms with E-state index in [9.17, 15) is 14.4 Å². The first-order valence-electron chi connectivity index (χ1n) is 9.80. The molecular weight excluding hydrogens is 450 g/mol. The maximum absolute atomic E-state index is 12.5. The van der Waals surface area contributed by atoms with Crippen LogP contribution in [0.3, 0.4) is 0 Å². The van der Waals surface area contributed by atoms with E-state index in [0.717, 1.165) is 30.2 Å². The van der Waals surface area contributed by atoms with Gasteiger partial charge in [-0.2, -0.15) is 0 Å². The molecule has 0 aliphatic rings. The second kappa shape index (κ2) is 10.2. The fraction of sp³-hybridized carbons (Fsp3) is 0.261. The molecule has 0 atom stereocenters. The Morgan fingerprint density at radius 2 is 1.80 bits per heavy atom. The molecule has 0 fully saturated rings. The summed E-state index contributed by atoms with van der Waals surface area (Å²) in [4.78, 5) is 36.8. The molecule has 30 heavy (non-hydrogen) atoms. The molecule has 6 nitrogen and oxygen atoms in total. The molecule has 1 amide bonds. The SMILES string of the molecule is CCCCCCOC(=O)c1ccc(NC(=O)c2cc3cc(Br)ccc3oc2=O)cc1. The lowest BCUT2D eigenvalue weighted by Gasteiger charge is -2.07. The van der Waals surface area contributed by atoms with Crippen molar-refractivity contribution in [1.29, 1.82) is 0 Å². The minimum atomic E-state index is -0.717. The third-order valence-corrected chi connectivity index (χ3v) is 5.04. The topological polar surface area (TPSA) is 85.6 Å². The van der Waals surface area contributed by atoms with Gasteiger partial charge in [0.15, 0.2) is 0 Å². The second-order valence-electron chi connectivity index (χ2n) is 6.86. The lowest BCUT2D eigenvalue weighted by molar-refractivity contribution is 0.0497. The quantitative estimate of drug-likeness (QED) is 0.264. The van der Waals surface area contributed by atoms with Gasteiger partial charge in [0.05, 0.1) is 12.2 Å². The van der Waals surface area contributed by atoms with E-state index < -0.39 is 17.5 Å². The molecule has 0 saturated heterocycles. The van der Waals surface area contributed by atoms with Crippen LogP contribution in [0.1, 0.15) is 53.3 Å². The number of carbonyl (C=O) groups is 2. The Morgan fingerprint density at radius 3 is 2.53 bits per heavy atom. The van der Waals surface area contributed by atoms with Crippen molar-refractivity contribution in [2.45, 2.75) is 32.6 Å². The average molecular weight is 472 g/mol. The van der Waals surface area contributed by atoms with Crippen molar-refractivity contribution in [3.8, 4) is 0 Å². The first-order chi connectivity index (χ1) is 14.5. The van der Waals surface area contributed by atoms with Gasteiger partial charge in [0, 0.05) is 15.5 Å². The molecule has 0 aliphatic heterocycles. The zero-order chi connectivity index (χ0) is 21.5. The van der Waals surface area contributed by atoms with Crippen LogP contribution in [0.2, 0.25) is 0 Å². The zero-order valence-electron chi connectivity index (χ0n) is 16.6. The molecule has 0 unspecified atom stereocenters. The molecule has 0 saturated carbocycles. The van der Waals surface area contributed by atoms with Crippen molar-refractivity contribution in [2.24, 2.45) is 0 Å². The van der Waals surface area contributed by atoms with E-state index in [1.165, 1.54) is 6.07 Å². The van der Waals surface area contributed by atoms with Gasteiger partial charge in [-0.25, -0.2) is 9.59 Å². The van der Waals surface area contributed by atoms with Gasteiger partial charge in [0.2, 0.25) is 0 Å². The second-order valence-corrected chi connectivity index (χ2v) is 7.77. The molecule has 2 aromatic carbocycles. The minimum Gasteiger partial charge on any atom is -0.462 e. The number of benzene rings is 2. The summed E-state index contributed by atoms with van der Waals surface area (Å²) in [5.74, 6) is -0.984. The van der Waals surface area contributed by atoms with Gasteiger partial charge in [-0.1, -0.05) is 42.1 Å². The third-order valence-electron chi connectivity index (χ3n) is 4.55. The lowest BCUT2D eigenvalue weighted by Crippen LogP contribution is -2.20. The lowest BCUT2D eigenvalue weighted by atomic mass is 10.1. The molecule has 3 rings (SSSR count). The summed E-state index contributed by atoms with van der Waals surface area (Å²) in [5, 5.41) is 3.28. The number of unbranched alkanes of at least 4 members (excludes halogenated alkanes) is 3. The number of fused-ring (bicyclic) bond motifs is 1.